The number of nitrogens with two attached hydrogens (primary N) is 1. The van der Waals surface area contributed by atoms with Crippen molar-refractivity contribution in [2.45, 2.75) is 45.2 Å². The Labute approximate surface area is 128 Å². The standard InChI is InChI=1S/C17H29N3O/c1-4-17(3,20-9-11-21-12-10-20)16(19-18)13-15-8-6-5-7-14(15)2/h5-8,16,19H,4,9-13,18H2,1-3H3. The molecule has 0 amide bonds. The van der Waals surface area contributed by atoms with Gasteiger partial charge in [0.05, 0.1) is 13.2 Å². The van der Waals surface area contributed by atoms with Gasteiger partial charge in [0.2, 0.25) is 0 Å². The van der Waals surface area contributed by atoms with Crippen molar-refractivity contribution >= 4 is 0 Å². The minimum Gasteiger partial charge on any atom is -0.379 e. The zero-order valence-corrected chi connectivity index (χ0v) is 13.6. The van der Waals surface area contributed by atoms with Gasteiger partial charge in [-0.2, -0.15) is 0 Å². The van der Waals surface area contributed by atoms with Gasteiger partial charge in [-0.1, -0.05) is 31.2 Å². The number of hydrogen-bond donors (Lipinski definition) is 2. The predicted molar refractivity (Wildman–Crippen MR) is 87.1 cm³/mol. The van der Waals surface area contributed by atoms with E-state index >= 15 is 0 Å². The van der Waals surface area contributed by atoms with E-state index in [1.54, 1.807) is 0 Å². The zero-order valence-electron chi connectivity index (χ0n) is 13.6. The van der Waals surface area contributed by atoms with Gasteiger partial charge in [0, 0.05) is 24.7 Å². The summed E-state index contributed by atoms with van der Waals surface area (Å²) in [5, 5.41) is 0. The maximum absolute atomic E-state index is 5.93. The minimum atomic E-state index is 0.0425. The number of hydrogen-bond acceptors (Lipinski definition) is 4. The van der Waals surface area contributed by atoms with Gasteiger partial charge >= 0.3 is 0 Å². The number of aryl methyl sites for hydroxylation is 1. The average Bonchev–Trinajstić information content (AvgIpc) is 2.54. The molecule has 0 bridgehead atoms. The molecule has 0 aliphatic carbocycles. The summed E-state index contributed by atoms with van der Waals surface area (Å²) in [6, 6.07) is 8.79. The van der Waals surface area contributed by atoms with Gasteiger partial charge in [-0.3, -0.25) is 16.2 Å². The van der Waals surface area contributed by atoms with Crippen LogP contribution < -0.4 is 11.3 Å². The van der Waals surface area contributed by atoms with Crippen LogP contribution in [-0.4, -0.2) is 42.8 Å². The predicted octanol–water partition coefficient (Wildman–Crippen LogP) is 1.87. The molecule has 0 aromatic heterocycles. The molecule has 1 aromatic carbocycles. The molecule has 118 valence electrons. The summed E-state index contributed by atoms with van der Waals surface area (Å²) in [5.41, 5.74) is 5.83. The van der Waals surface area contributed by atoms with Crippen LogP contribution in [0.25, 0.3) is 0 Å². The number of ether oxygens (including phenoxy) is 1. The molecule has 4 nitrogen and oxygen atoms in total. The van der Waals surface area contributed by atoms with Crippen molar-refractivity contribution in [2.24, 2.45) is 5.84 Å². The molecule has 0 spiro atoms. The van der Waals surface area contributed by atoms with Crippen LogP contribution in [0.4, 0.5) is 0 Å². The molecule has 1 fully saturated rings. The number of morpholine rings is 1. The molecular formula is C17H29N3O. The second kappa shape index (κ2) is 7.36. The van der Waals surface area contributed by atoms with Crippen molar-refractivity contribution in [1.29, 1.82) is 0 Å². The van der Waals surface area contributed by atoms with Crippen molar-refractivity contribution in [3.05, 3.63) is 35.4 Å². The minimum absolute atomic E-state index is 0.0425. The van der Waals surface area contributed by atoms with E-state index in [4.69, 9.17) is 10.6 Å². The summed E-state index contributed by atoms with van der Waals surface area (Å²) in [4.78, 5) is 2.53. The van der Waals surface area contributed by atoms with E-state index in [1.807, 2.05) is 0 Å². The summed E-state index contributed by atoms with van der Waals surface area (Å²) < 4.78 is 5.50. The lowest BCUT2D eigenvalue weighted by atomic mass is 9.83. The maximum Gasteiger partial charge on any atom is 0.0594 e. The van der Waals surface area contributed by atoms with E-state index in [1.165, 1.54) is 11.1 Å². The number of hydrazine groups is 1. The molecule has 1 saturated heterocycles. The van der Waals surface area contributed by atoms with Crippen molar-refractivity contribution in [1.82, 2.24) is 10.3 Å². The van der Waals surface area contributed by atoms with Crippen LogP contribution in [0.1, 0.15) is 31.4 Å². The van der Waals surface area contributed by atoms with Gasteiger partial charge < -0.3 is 4.74 Å². The third kappa shape index (κ3) is 3.64. The molecular weight excluding hydrogens is 262 g/mol. The van der Waals surface area contributed by atoms with Crippen molar-refractivity contribution in [3.8, 4) is 0 Å². The fourth-order valence-electron chi connectivity index (χ4n) is 3.28. The Hall–Kier alpha value is -0.940. The first-order chi connectivity index (χ1) is 10.1. The van der Waals surface area contributed by atoms with Crippen LogP contribution in [0, 0.1) is 6.92 Å². The lowest BCUT2D eigenvalue weighted by molar-refractivity contribution is -0.0323. The fourth-order valence-corrected chi connectivity index (χ4v) is 3.28. The second-order valence-electron chi connectivity index (χ2n) is 6.16. The van der Waals surface area contributed by atoms with Gasteiger partial charge in [0.1, 0.15) is 0 Å². The molecule has 4 heteroatoms. The third-order valence-corrected chi connectivity index (χ3v) is 5.09. The molecule has 21 heavy (non-hydrogen) atoms. The molecule has 1 aromatic rings. The first-order valence-electron chi connectivity index (χ1n) is 7.95. The smallest absolute Gasteiger partial charge is 0.0594 e. The Balaban J connectivity index is 2.18. The molecule has 1 aliphatic heterocycles. The Morgan fingerprint density at radius 2 is 2.00 bits per heavy atom. The lowest BCUT2D eigenvalue weighted by Gasteiger charge is -2.47. The quantitative estimate of drug-likeness (QED) is 0.620. The molecule has 2 atom stereocenters. The van der Waals surface area contributed by atoms with Gasteiger partial charge in [-0.15, -0.1) is 0 Å². The van der Waals surface area contributed by atoms with Crippen LogP contribution in [0.2, 0.25) is 0 Å². The highest BCUT2D eigenvalue weighted by Gasteiger charge is 2.38. The number of nitrogens with one attached hydrogen (secondary N) is 1. The lowest BCUT2D eigenvalue weighted by Crippen LogP contribution is -2.63. The Morgan fingerprint density at radius 1 is 1.33 bits per heavy atom. The summed E-state index contributed by atoms with van der Waals surface area (Å²) in [6.45, 7) is 10.3. The third-order valence-electron chi connectivity index (χ3n) is 5.09. The fraction of sp³-hybridized carbons (Fsp3) is 0.647. The Bertz CT molecular complexity index is 445. The monoisotopic (exact) mass is 291 g/mol. The van der Waals surface area contributed by atoms with Gasteiger partial charge in [0.15, 0.2) is 0 Å². The van der Waals surface area contributed by atoms with E-state index in [0.717, 1.165) is 39.1 Å². The Morgan fingerprint density at radius 3 is 2.57 bits per heavy atom. The SMILES string of the molecule is CCC(C)(C(Cc1ccccc1C)NN)N1CCOCC1. The molecule has 3 N–H and O–H groups in total. The summed E-state index contributed by atoms with van der Waals surface area (Å²) in [7, 11) is 0. The molecule has 0 radical (unpaired) electrons. The first-order valence-corrected chi connectivity index (χ1v) is 7.95. The van der Waals surface area contributed by atoms with Crippen LogP contribution in [0.3, 0.4) is 0 Å². The van der Waals surface area contributed by atoms with Crippen molar-refractivity contribution < 1.29 is 4.74 Å². The van der Waals surface area contributed by atoms with Gasteiger partial charge in [0.25, 0.3) is 0 Å². The van der Waals surface area contributed by atoms with E-state index < -0.39 is 0 Å². The summed E-state index contributed by atoms with van der Waals surface area (Å²) >= 11 is 0. The van der Waals surface area contributed by atoms with Crippen LogP contribution >= 0.6 is 0 Å². The topological polar surface area (TPSA) is 50.5 Å². The van der Waals surface area contributed by atoms with Crippen LogP contribution in [0.15, 0.2) is 24.3 Å². The Kier molecular flexibility index (Phi) is 5.76. The van der Waals surface area contributed by atoms with Crippen molar-refractivity contribution in [2.75, 3.05) is 26.3 Å². The van der Waals surface area contributed by atoms with E-state index in [0.29, 0.717) is 0 Å². The van der Waals surface area contributed by atoms with Crippen LogP contribution in [-0.2, 0) is 11.2 Å². The molecule has 0 saturated carbocycles. The number of nitrogens with zero attached hydrogens (tertiary/aromatic N) is 1. The van der Waals surface area contributed by atoms with Gasteiger partial charge in [-0.25, -0.2) is 0 Å². The normalized spacial score (nSPS) is 21.0. The summed E-state index contributed by atoms with van der Waals surface area (Å²) in [6.07, 6.45) is 2.01. The molecule has 1 aliphatic rings. The zero-order chi connectivity index (χ0) is 15.3. The maximum atomic E-state index is 5.93. The second-order valence-corrected chi connectivity index (χ2v) is 6.16. The highest BCUT2D eigenvalue weighted by Crippen LogP contribution is 2.27. The highest BCUT2D eigenvalue weighted by molar-refractivity contribution is 5.27. The molecule has 2 unspecified atom stereocenters. The highest BCUT2D eigenvalue weighted by atomic mass is 16.5. The number of benzene rings is 1. The van der Waals surface area contributed by atoms with E-state index in [9.17, 15) is 0 Å². The molecule has 2 rings (SSSR count). The van der Waals surface area contributed by atoms with Crippen molar-refractivity contribution in [3.63, 3.8) is 0 Å². The van der Waals surface area contributed by atoms with E-state index in [-0.39, 0.29) is 11.6 Å². The number of rotatable bonds is 6. The van der Waals surface area contributed by atoms with E-state index in [2.05, 4.69) is 55.4 Å². The summed E-state index contributed by atoms with van der Waals surface area (Å²) in [5.74, 6) is 5.93. The average molecular weight is 291 g/mol. The molecule has 1 heterocycles. The largest absolute Gasteiger partial charge is 0.379 e. The van der Waals surface area contributed by atoms with Crippen LogP contribution in [0.5, 0.6) is 0 Å². The van der Waals surface area contributed by atoms with Gasteiger partial charge in [-0.05, 0) is 37.8 Å². The first kappa shape index (κ1) is 16.4.